The Kier molecular flexibility index (Phi) is 7.72. The molecule has 0 spiro atoms. The molecule has 5 rings (SSSR count). The van der Waals surface area contributed by atoms with Gasteiger partial charge in [-0.25, -0.2) is 13.4 Å². The zero-order valence-electron chi connectivity index (χ0n) is 21.8. The molecule has 3 aromatic carbocycles. The number of aliphatic imine (C=N–C) groups is 1. The van der Waals surface area contributed by atoms with E-state index in [0.29, 0.717) is 36.8 Å². The van der Waals surface area contributed by atoms with Gasteiger partial charge in [0.2, 0.25) is 5.90 Å². The van der Waals surface area contributed by atoms with Crippen molar-refractivity contribution in [3.05, 3.63) is 90.0 Å². The lowest BCUT2D eigenvalue weighted by molar-refractivity contribution is -0.127. The van der Waals surface area contributed by atoms with Crippen LogP contribution >= 0.6 is 0 Å². The molecule has 0 fully saturated rings. The van der Waals surface area contributed by atoms with Crippen molar-refractivity contribution in [2.75, 3.05) is 30.4 Å². The molecule has 39 heavy (non-hydrogen) atoms. The largest absolute Gasteiger partial charge is 0.494 e. The Morgan fingerprint density at radius 2 is 1.74 bits per heavy atom. The molecule has 3 aromatic rings. The molecule has 2 aliphatic rings. The van der Waals surface area contributed by atoms with Crippen LogP contribution in [0.2, 0.25) is 0 Å². The summed E-state index contributed by atoms with van der Waals surface area (Å²) in [5, 5.41) is 8.98. The first-order valence-corrected chi connectivity index (χ1v) is 14.8. The lowest BCUT2D eigenvalue weighted by Crippen LogP contribution is -2.55. The summed E-state index contributed by atoms with van der Waals surface area (Å²) in [5.74, 6) is 0.428. The van der Waals surface area contributed by atoms with E-state index in [9.17, 15) is 13.2 Å². The molecule has 1 N–H and O–H groups in total. The van der Waals surface area contributed by atoms with Crippen LogP contribution in [0.4, 0.5) is 5.69 Å². The number of rotatable bonds is 11. The molecule has 0 radical (unpaired) electrons. The van der Waals surface area contributed by atoms with Gasteiger partial charge in [0.15, 0.2) is 21.5 Å². The van der Waals surface area contributed by atoms with Crippen molar-refractivity contribution in [2.45, 2.75) is 42.7 Å². The molecular weight excluding hydrogens is 516 g/mol. The van der Waals surface area contributed by atoms with E-state index < -0.39 is 21.5 Å². The van der Waals surface area contributed by atoms with Gasteiger partial charge in [0, 0.05) is 37.1 Å². The van der Waals surface area contributed by atoms with Gasteiger partial charge in [0.25, 0.3) is 5.91 Å². The van der Waals surface area contributed by atoms with Crippen LogP contribution in [0.5, 0.6) is 5.75 Å². The van der Waals surface area contributed by atoms with E-state index in [1.165, 1.54) is 0 Å². The first-order valence-electron chi connectivity index (χ1n) is 13.2. The number of amides is 1. The van der Waals surface area contributed by atoms with Gasteiger partial charge in [-0.2, -0.15) is 0 Å². The van der Waals surface area contributed by atoms with Gasteiger partial charge in [-0.05, 0) is 48.9 Å². The molecule has 2 heterocycles. The number of fused-ring (bicyclic) bond motifs is 3. The molecule has 9 heteroatoms. The minimum atomic E-state index is -3.66. The van der Waals surface area contributed by atoms with Crippen LogP contribution in [-0.2, 0) is 19.4 Å². The maximum atomic E-state index is 14.2. The van der Waals surface area contributed by atoms with Crippen LogP contribution < -0.4 is 9.64 Å². The summed E-state index contributed by atoms with van der Waals surface area (Å²) in [6.07, 6.45) is 0.492. The van der Waals surface area contributed by atoms with E-state index in [4.69, 9.17) is 19.6 Å². The second kappa shape index (κ2) is 11.2. The number of carbonyl (C=O) groups excluding carboxylic acids is 1. The van der Waals surface area contributed by atoms with E-state index in [0.717, 1.165) is 17.7 Å². The Bertz CT molecular complexity index is 1460. The molecule has 2 atom stereocenters. The second-order valence-electron chi connectivity index (χ2n) is 9.69. The maximum absolute atomic E-state index is 14.2. The number of carbonyl (C=O) groups is 1. The molecule has 0 bridgehead atoms. The van der Waals surface area contributed by atoms with E-state index >= 15 is 0 Å². The van der Waals surface area contributed by atoms with Crippen molar-refractivity contribution in [2.24, 2.45) is 4.99 Å². The number of para-hydroxylation sites is 1. The summed E-state index contributed by atoms with van der Waals surface area (Å²) in [6, 6.07) is 23.0. The molecule has 0 saturated heterocycles. The number of sulfone groups is 1. The Balaban J connectivity index is 1.54. The van der Waals surface area contributed by atoms with Crippen molar-refractivity contribution in [3.8, 4) is 5.75 Å². The van der Waals surface area contributed by atoms with Gasteiger partial charge in [-0.1, -0.05) is 43.3 Å². The molecule has 1 amide bonds. The highest BCUT2D eigenvalue weighted by molar-refractivity contribution is 7.91. The third kappa shape index (κ3) is 5.16. The summed E-state index contributed by atoms with van der Waals surface area (Å²) >= 11 is 0. The Morgan fingerprint density at radius 1 is 1.03 bits per heavy atom. The summed E-state index contributed by atoms with van der Waals surface area (Å²) in [7, 11) is -3.66. The van der Waals surface area contributed by atoms with Crippen LogP contribution in [0.25, 0.3) is 0 Å². The molecular formula is C30H32N2O6S. The highest BCUT2D eigenvalue weighted by Crippen LogP contribution is 2.50. The number of benzene rings is 3. The van der Waals surface area contributed by atoms with E-state index in [1.807, 2.05) is 31.2 Å². The minimum Gasteiger partial charge on any atom is -0.494 e. The summed E-state index contributed by atoms with van der Waals surface area (Å²) in [6.45, 7) is 2.93. The maximum Gasteiger partial charge on any atom is 0.259 e. The Labute approximate surface area is 228 Å². The SMILES string of the molecule is CCCN1C(=O)[C@]2(CCS(=O)(=O)c3ccccc3)N=C(c3ccc(OCCCO)cc3)O[C@@H]2c2ccccc21. The van der Waals surface area contributed by atoms with Gasteiger partial charge >= 0.3 is 0 Å². The summed E-state index contributed by atoms with van der Waals surface area (Å²) in [4.78, 5) is 21.0. The zero-order chi connectivity index (χ0) is 27.5. The average molecular weight is 549 g/mol. The normalized spacial score (nSPS) is 20.2. The van der Waals surface area contributed by atoms with Crippen LogP contribution in [0.15, 0.2) is 88.8 Å². The van der Waals surface area contributed by atoms with Crippen molar-refractivity contribution in [3.63, 3.8) is 0 Å². The van der Waals surface area contributed by atoms with E-state index in [1.54, 1.807) is 59.5 Å². The first-order chi connectivity index (χ1) is 18.9. The second-order valence-corrected chi connectivity index (χ2v) is 11.8. The Hall–Kier alpha value is -3.69. The number of nitrogens with zero attached hydrogens (tertiary/aromatic N) is 2. The third-order valence-corrected chi connectivity index (χ3v) is 8.80. The summed E-state index contributed by atoms with van der Waals surface area (Å²) < 4.78 is 38.6. The number of hydrogen-bond donors (Lipinski definition) is 1. The fourth-order valence-corrected chi connectivity index (χ4v) is 6.50. The number of ether oxygens (including phenoxy) is 2. The van der Waals surface area contributed by atoms with Gasteiger partial charge in [0.1, 0.15) is 5.75 Å². The fraction of sp³-hybridized carbons (Fsp3) is 0.333. The lowest BCUT2D eigenvalue weighted by atomic mass is 9.80. The average Bonchev–Trinajstić information content (AvgIpc) is 3.37. The highest BCUT2D eigenvalue weighted by atomic mass is 32.2. The zero-order valence-corrected chi connectivity index (χ0v) is 22.6. The van der Waals surface area contributed by atoms with Crippen molar-refractivity contribution in [1.82, 2.24) is 0 Å². The standard InChI is InChI=1S/C30H32N2O6S/c1-2-18-32-26-12-7-6-11-25(26)27-30(29(32)34,17-21-39(35,36)24-9-4-3-5-10-24)31-28(38-27)22-13-15-23(16-14-22)37-20-8-19-33/h3-7,9-16,27,33H,2,8,17-21H2,1H3/t27-,30-/m1/s1. The van der Waals surface area contributed by atoms with Crippen LogP contribution in [0.3, 0.4) is 0 Å². The molecule has 0 saturated carbocycles. The van der Waals surface area contributed by atoms with Gasteiger partial charge in [-0.15, -0.1) is 0 Å². The van der Waals surface area contributed by atoms with E-state index in [-0.39, 0.29) is 29.6 Å². The highest BCUT2D eigenvalue weighted by Gasteiger charge is 2.58. The number of aliphatic hydroxyl groups excluding tert-OH is 1. The van der Waals surface area contributed by atoms with Crippen molar-refractivity contribution >= 4 is 27.3 Å². The monoisotopic (exact) mass is 548 g/mol. The Morgan fingerprint density at radius 3 is 2.46 bits per heavy atom. The topological polar surface area (TPSA) is 106 Å². The van der Waals surface area contributed by atoms with Crippen LogP contribution in [-0.4, -0.2) is 56.4 Å². The smallest absolute Gasteiger partial charge is 0.259 e. The predicted molar refractivity (Wildman–Crippen MR) is 149 cm³/mol. The third-order valence-electron chi connectivity index (χ3n) is 7.06. The predicted octanol–water partition coefficient (Wildman–Crippen LogP) is 4.33. The molecule has 2 aliphatic heterocycles. The van der Waals surface area contributed by atoms with Crippen LogP contribution in [0.1, 0.15) is 43.4 Å². The lowest BCUT2D eigenvalue weighted by Gasteiger charge is -2.41. The first kappa shape index (κ1) is 26.9. The molecule has 204 valence electrons. The quantitative estimate of drug-likeness (QED) is 0.358. The van der Waals surface area contributed by atoms with Gasteiger partial charge in [-0.3, -0.25) is 4.79 Å². The number of anilines is 1. The van der Waals surface area contributed by atoms with Crippen molar-refractivity contribution < 1.29 is 27.8 Å². The number of aliphatic hydroxyl groups is 1. The van der Waals surface area contributed by atoms with Crippen molar-refractivity contribution in [1.29, 1.82) is 0 Å². The summed E-state index contributed by atoms with van der Waals surface area (Å²) in [5.41, 5.74) is 0.818. The molecule has 0 unspecified atom stereocenters. The van der Waals surface area contributed by atoms with Gasteiger partial charge < -0.3 is 19.5 Å². The number of hydrogen-bond acceptors (Lipinski definition) is 7. The van der Waals surface area contributed by atoms with Gasteiger partial charge in [0.05, 0.1) is 22.9 Å². The fourth-order valence-electron chi connectivity index (χ4n) is 5.11. The molecule has 0 aliphatic carbocycles. The minimum absolute atomic E-state index is 0.0197. The van der Waals surface area contributed by atoms with E-state index in [2.05, 4.69) is 0 Å². The molecule has 8 nitrogen and oxygen atoms in total. The molecule has 0 aromatic heterocycles. The van der Waals surface area contributed by atoms with Crippen LogP contribution in [0, 0.1) is 0 Å².